The third kappa shape index (κ3) is 7.05. The van der Waals surface area contributed by atoms with Gasteiger partial charge in [0.2, 0.25) is 17.7 Å². The molecule has 1 aromatic heterocycles. The fraction of sp³-hybridized carbons (Fsp3) is 0.472. The Morgan fingerprint density at radius 1 is 0.979 bits per heavy atom. The topological polar surface area (TPSA) is 126 Å². The van der Waals surface area contributed by atoms with Crippen molar-refractivity contribution < 1.29 is 23.9 Å². The van der Waals surface area contributed by atoms with Gasteiger partial charge in [0.1, 0.15) is 6.04 Å². The predicted octanol–water partition coefficient (Wildman–Crippen LogP) is 3.48. The first-order valence-corrected chi connectivity index (χ1v) is 17.2. The van der Waals surface area contributed by atoms with Crippen molar-refractivity contribution in [3.63, 3.8) is 0 Å². The first kappa shape index (κ1) is 33.9. The Balaban J connectivity index is 1.17. The van der Waals surface area contributed by atoms with Crippen LogP contribution in [0.4, 0.5) is 0 Å². The molecule has 48 heavy (non-hydrogen) atoms. The molecule has 2 N–H and O–H groups in total. The highest BCUT2D eigenvalue weighted by molar-refractivity contribution is 9.10. The van der Waals surface area contributed by atoms with Gasteiger partial charge in [-0.3, -0.25) is 23.9 Å². The summed E-state index contributed by atoms with van der Waals surface area (Å²) < 4.78 is 8.73. The number of likely N-dealkylation sites (tertiary alicyclic amines) is 2. The smallest absolute Gasteiger partial charge is 0.257 e. The lowest BCUT2D eigenvalue weighted by molar-refractivity contribution is -0.152. The van der Waals surface area contributed by atoms with E-state index >= 15 is 0 Å². The van der Waals surface area contributed by atoms with E-state index in [1.807, 2.05) is 59.5 Å². The molecule has 11 nitrogen and oxygen atoms in total. The fourth-order valence-electron chi connectivity index (χ4n) is 7.01. The Bertz CT molecular complexity index is 1670. The second-order valence-corrected chi connectivity index (χ2v) is 15.1. The third-order valence-corrected chi connectivity index (χ3v) is 10.7. The first-order chi connectivity index (χ1) is 22.9. The molecular formula is C36H43BrN6O5. The van der Waals surface area contributed by atoms with Crippen LogP contribution in [0, 0.1) is 22.7 Å². The average molecular weight is 720 g/mol. The zero-order chi connectivity index (χ0) is 34.2. The van der Waals surface area contributed by atoms with Gasteiger partial charge in [0.15, 0.2) is 0 Å². The van der Waals surface area contributed by atoms with Crippen LogP contribution in [-0.4, -0.2) is 88.6 Å². The van der Waals surface area contributed by atoms with E-state index in [2.05, 4.69) is 45.5 Å². The van der Waals surface area contributed by atoms with Crippen LogP contribution in [0.25, 0.3) is 0 Å². The van der Waals surface area contributed by atoms with Gasteiger partial charge in [-0.2, -0.15) is 5.10 Å². The zero-order valence-corrected chi connectivity index (χ0v) is 29.4. The van der Waals surface area contributed by atoms with E-state index in [9.17, 15) is 19.2 Å². The molecule has 0 bridgehead atoms. The van der Waals surface area contributed by atoms with Crippen molar-refractivity contribution >= 4 is 39.6 Å². The molecule has 3 aromatic rings. The van der Waals surface area contributed by atoms with Gasteiger partial charge in [0.25, 0.3) is 5.91 Å². The average Bonchev–Trinajstić information content (AvgIpc) is 3.37. The zero-order valence-electron chi connectivity index (χ0n) is 27.8. The van der Waals surface area contributed by atoms with Gasteiger partial charge in [-0.15, -0.1) is 0 Å². The van der Waals surface area contributed by atoms with E-state index in [-0.39, 0.29) is 48.1 Å². The Kier molecular flexibility index (Phi) is 9.50. The Morgan fingerprint density at radius 2 is 1.65 bits per heavy atom. The van der Waals surface area contributed by atoms with Crippen LogP contribution in [0.15, 0.2) is 71.5 Å². The molecule has 0 unspecified atom stereocenters. The summed E-state index contributed by atoms with van der Waals surface area (Å²) >= 11 is 3.43. The molecule has 6 rings (SSSR count). The number of aromatic nitrogens is 2. The minimum Gasteiger partial charge on any atom is -0.371 e. The fourth-order valence-corrected chi connectivity index (χ4v) is 7.27. The summed E-state index contributed by atoms with van der Waals surface area (Å²) in [5, 5.41) is 10.0. The number of hydrogen-bond acceptors (Lipinski definition) is 6. The predicted molar refractivity (Wildman–Crippen MR) is 182 cm³/mol. The lowest BCUT2D eigenvalue weighted by Gasteiger charge is -2.50. The standard InChI is InChI=1S/C36H43BrN6O5/c1-23(48-19-25-10-12-27(37)13-11-25)30(32(45)38-4)40-31(44)29-18-41(20-36(29)21-42(22-36)34(47)28-14-35(28,2)3)33(46)26-15-39-43(17-26)16-24-8-6-5-7-9-24/h5-13,15,17,23,28-30H,14,16,18-22H2,1-4H3,(H,38,45)(H,40,44)/t23-,28-,29+,30+/m1/s1. The molecule has 1 aliphatic carbocycles. The molecule has 2 saturated heterocycles. The highest BCUT2D eigenvalue weighted by Crippen LogP contribution is 2.54. The molecule has 254 valence electrons. The summed E-state index contributed by atoms with van der Waals surface area (Å²) in [7, 11) is 1.52. The Labute approximate surface area is 289 Å². The van der Waals surface area contributed by atoms with Crippen molar-refractivity contribution in [1.82, 2.24) is 30.2 Å². The second kappa shape index (κ2) is 13.5. The van der Waals surface area contributed by atoms with Gasteiger partial charge < -0.3 is 25.2 Å². The summed E-state index contributed by atoms with van der Waals surface area (Å²) in [5.41, 5.74) is 1.80. The molecule has 4 atom stereocenters. The second-order valence-electron chi connectivity index (χ2n) is 14.2. The minimum absolute atomic E-state index is 0.0126. The van der Waals surface area contributed by atoms with E-state index in [1.54, 1.807) is 28.9 Å². The molecule has 3 fully saturated rings. The van der Waals surface area contributed by atoms with Gasteiger partial charge >= 0.3 is 0 Å². The summed E-state index contributed by atoms with van der Waals surface area (Å²) in [6.45, 7) is 7.99. The number of rotatable bonds is 11. The number of nitrogens with one attached hydrogen (secondary N) is 2. The highest BCUT2D eigenvalue weighted by atomic mass is 79.9. The number of likely N-dealkylation sites (N-methyl/N-ethyl adjacent to an activating group) is 1. The van der Waals surface area contributed by atoms with Gasteiger partial charge in [-0.05, 0) is 42.0 Å². The van der Waals surface area contributed by atoms with Crippen molar-refractivity contribution in [3.05, 3.63) is 88.2 Å². The van der Waals surface area contributed by atoms with Crippen LogP contribution >= 0.6 is 15.9 Å². The molecule has 1 saturated carbocycles. The van der Waals surface area contributed by atoms with Gasteiger partial charge in [-0.1, -0.05) is 72.2 Å². The van der Waals surface area contributed by atoms with Gasteiger partial charge in [0, 0.05) is 55.2 Å². The summed E-state index contributed by atoms with van der Waals surface area (Å²) in [6.07, 6.45) is 3.50. The molecule has 3 aliphatic rings. The Hall–Kier alpha value is -4.03. The SMILES string of the molecule is CNC(=O)[C@@H](NC(=O)[C@@H]1CN(C(=O)c2cnn(Cc3ccccc3)c2)CC12CN(C(=O)[C@H]1CC1(C)C)C2)[C@@H](C)OCc1ccc(Br)cc1. The number of carbonyl (C=O) groups excluding carboxylic acids is 4. The maximum absolute atomic E-state index is 14.1. The number of amides is 4. The van der Waals surface area contributed by atoms with Crippen molar-refractivity contribution in [1.29, 1.82) is 0 Å². The maximum Gasteiger partial charge on any atom is 0.257 e. The summed E-state index contributed by atoms with van der Waals surface area (Å²) in [5.74, 6) is -1.46. The third-order valence-electron chi connectivity index (χ3n) is 10.2. The largest absolute Gasteiger partial charge is 0.371 e. The van der Waals surface area contributed by atoms with E-state index in [1.165, 1.54) is 7.05 Å². The van der Waals surface area contributed by atoms with Crippen LogP contribution in [0.3, 0.4) is 0 Å². The van der Waals surface area contributed by atoms with Crippen molar-refractivity contribution in [2.75, 3.05) is 33.2 Å². The number of hydrogen-bond donors (Lipinski definition) is 2. The summed E-state index contributed by atoms with van der Waals surface area (Å²) in [6, 6.07) is 16.6. The summed E-state index contributed by atoms with van der Waals surface area (Å²) in [4.78, 5) is 57.8. The maximum atomic E-state index is 14.1. The molecule has 2 aromatic carbocycles. The van der Waals surface area contributed by atoms with E-state index in [4.69, 9.17) is 4.74 Å². The minimum atomic E-state index is -0.957. The van der Waals surface area contributed by atoms with Crippen LogP contribution in [0.1, 0.15) is 48.7 Å². The Morgan fingerprint density at radius 3 is 2.29 bits per heavy atom. The number of ether oxygens (including phenoxy) is 1. The van der Waals surface area contributed by atoms with Crippen LogP contribution in [0.5, 0.6) is 0 Å². The molecule has 1 spiro atoms. The number of carbonyl (C=O) groups is 4. The van der Waals surface area contributed by atoms with Crippen molar-refractivity contribution in [3.8, 4) is 0 Å². The van der Waals surface area contributed by atoms with Gasteiger partial charge in [-0.25, -0.2) is 0 Å². The lowest BCUT2D eigenvalue weighted by Crippen LogP contribution is -2.65. The van der Waals surface area contributed by atoms with Crippen LogP contribution < -0.4 is 10.6 Å². The quantitative estimate of drug-likeness (QED) is 0.313. The van der Waals surface area contributed by atoms with Crippen LogP contribution in [-0.2, 0) is 32.3 Å². The molecule has 3 heterocycles. The first-order valence-electron chi connectivity index (χ1n) is 16.4. The van der Waals surface area contributed by atoms with Crippen molar-refractivity contribution in [2.24, 2.45) is 22.7 Å². The molecule has 4 amide bonds. The lowest BCUT2D eigenvalue weighted by atomic mass is 9.70. The molecule has 0 radical (unpaired) electrons. The molecule has 2 aliphatic heterocycles. The van der Waals surface area contributed by atoms with Crippen LogP contribution in [0.2, 0.25) is 0 Å². The highest BCUT2D eigenvalue weighted by Gasteiger charge is 2.62. The van der Waals surface area contributed by atoms with E-state index < -0.39 is 23.5 Å². The molecule has 12 heteroatoms. The van der Waals surface area contributed by atoms with Gasteiger partial charge in [0.05, 0.1) is 36.9 Å². The number of halogens is 1. The van der Waals surface area contributed by atoms with E-state index in [0.717, 1.165) is 22.0 Å². The monoisotopic (exact) mass is 718 g/mol. The van der Waals surface area contributed by atoms with E-state index in [0.29, 0.717) is 31.7 Å². The number of nitrogens with zero attached hydrogens (tertiary/aromatic N) is 4. The van der Waals surface area contributed by atoms with Crippen molar-refractivity contribution in [2.45, 2.75) is 52.5 Å². The number of benzene rings is 2. The normalized spacial score (nSPS) is 21.7. The molecular weight excluding hydrogens is 676 g/mol.